The van der Waals surface area contributed by atoms with Crippen LogP contribution in [0.2, 0.25) is 0 Å². The number of para-hydroxylation sites is 2. The van der Waals surface area contributed by atoms with Crippen LogP contribution in [-0.2, 0) is 10.0 Å². The van der Waals surface area contributed by atoms with Crippen LogP contribution < -0.4 is 9.46 Å². The van der Waals surface area contributed by atoms with Crippen LogP contribution in [-0.4, -0.2) is 25.0 Å². The predicted molar refractivity (Wildman–Crippen MR) is 101 cm³/mol. The van der Waals surface area contributed by atoms with E-state index in [1.54, 1.807) is 30.5 Å². The van der Waals surface area contributed by atoms with Gasteiger partial charge in [0.25, 0.3) is 0 Å². The van der Waals surface area contributed by atoms with Crippen LogP contribution in [0.1, 0.15) is 6.42 Å². The van der Waals surface area contributed by atoms with Gasteiger partial charge in [-0.3, -0.25) is 9.71 Å². The quantitative estimate of drug-likeness (QED) is 0.620. The molecular weight excluding hydrogens is 360 g/mol. The van der Waals surface area contributed by atoms with E-state index in [2.05, 4.69) is 9.71 Å². The largest absolute Gasteiger partial charge is 0.455 e. The second-order valence-corrected chi connectivity index (χ2v) is 7.64. The Kier molecular flexibility index (Phi) is 5.40. The molecule has 5 nitrogen and oxygen atoms in total. The molecule has 1 N–H and O–H groups in total. The molecule has 0 bridgehead atoms. The molecule has 7 heteroatoms. The lowest BCUT2D eigenvalue weighted by Crippen LogP contribution is -2.17. The van der Waals surface area contributed by atoms with Crippen molar-refractivity contribution in [2.24, 2.45) is 0 Å². The van der Waals surface area contributed by atoms with Crippen LogP contribution in [0.3, 0.4) is 0 Å². The highest BCUT2D eigenvalue weighted by molar-refractivity contribution is 7.92. The smallest absolute Gasteiger partial charge is 0.232 e. The van der Waals surface area contributed by atoms with Crippen LogP contribution in [0.25, 0.3) is 10.9 Å². The maximum atomic E-state index is 12.1. The predicted octanol–water partition coefficient (Wildman–Crippen LogP) is 4.40. The minimum Gasteiger partial charge on any atom is -0.455 e. The summed E-state index contributed by atoms with van der Waals surface area (Å²) >= 11 is 5.57. The van der Waals surface area contributed by atoms with Gasteiger partial charge in [0.05, 0.1) is 17.0 Å². The molecule has 3 aromatic rings. The fraction of sp³-hybridized carbons (Fsp3) is 0.167. The van der Waals surface area contributed by atoms with Gasteiger partial charge in [-0.05, 0) is 36.8 Å². The maximum Gasteiger partial charge on any atom is 0.232 e. The minimum atomic E-state index is -3.47. The third-order valence-electron chi connectivity index (χ3n) is 3.50. The van der Waals surface area contributed by atoms with E-state index < -0.39 is 10.0 Å². The van der Waals surface area contributed by atoms with E-state index in [4.69, 9.17) is 16.3 Å². The number of halogens is 1. The molecule has 25 heavy (non-hydrogen) atoms. The summed E-state index contributed by atoms with van der Waals surface area (Å²) in [5, 5.41) is 1.00. The summed E-state index contributed by atoms with van der Waals surface area (Å²) in [5.74, 6) is 1.26. The first-order valence-electron chi connectivity index (χ1n) is 7.75. The van der Waals surface area contributed by atoms with Crippen molar-refractivity contribution >= 4 is 38.2 Å². The first kappa shape index (κ1) is 17.5. The number of pyridine rings is 1. The number of fused-ring (bicyclic) bond motifs is 1. The van der Waals surface area contributed by atoms with Crippen LogP contribution in [0, 0.1) is 0 Å². The molecule has 0 aliphatic rings. The highest BCUT2D eigenvalue weighted by atomic mass is 35.5. The van der Waals surface area contributed by atoms with Gasteiger partial charge in [0, 0.05) is 23.5 Å². The molecule has 0 spiro atoms. The molecule has 0 unspecified atom stereocenters. The van der Waals surface area contributed by atoms with Crippen LogP contribution in [0.15, 0.2) is 60.8 Å². The Labute approximate surface area is 151 Å². The minimum absolute atomic E-state index is 0.0370. The van der Waals surface area contributed by atoms with Gasteiger partial charge in [-0.1, -0.05) is 18.2 Å². The zero-order valence-electron chi connectivity index (χ0n) is 13.4. The van der Waals surface area contributed by atoms with Crippen molar-refractivity contribution in [1.82, 2.24) is 4.98 Å². The van der Waals surface area contributed by atoms with E-state index in [-0.39, 0.29) is 5.75 Å². The van der Waals surface area contributed by atoms with Gasteiger partial charge in [0.15, 0.2) is 5.75 Å². The Morgan fingerprint density at radius 3 is 2.76 bits per heavy atom. The summed E-state index contributed by atoms with van der Waals surface area (Å²) < 4.78 is 32.6. The normalized spacial score (nSPS) is 11.4. The Balaban J connectivity index is 1.85. The van der Waals surface area contributed by atoms with E-state index in [0.29, 0.717) is 29.5 Å². The van der Waals surface area contributed by atoms with Crippen LogP contribution in [0.5, 0.6) is 11.5 Å². The molecule has 3 rings (SSSR count). The summed E-state index contributed by atoms with van der Waals surface area (Å²) in [7, 11) is -3.47. The van der Waals surface area contributed by atoms with Gasteiger partial charge in [-0.2, -0.15) is 0 Å². The van der Waals surface area contributed by atoms with E-state index >= 15 is 0 Å². The van der Waals surface area contributed by atoms with Gasteiger partial charge >= 0.3 is 0 Å². The average Bonchev–Trinajstić information content (AvgIpc) is 2.61. The van der Waals surface area contributed by atoms with Gasteiger partial charge in [-0.15, -0.1) is 11.6 Å². The van der Waals surface area contributed by atoms with Crippen molar-refractivity contribution in [3.8, 4) is 11.5 Å². The van der Waals surface area contributed by atoms with E-state index in [0.717, 1.165) is 10.9 Å². The molecule has 0 saturated carbocycles. The zero-order chi connectivity index (χ0) is 17.7. The molecule has 1 aromatic heterocycles. The lowest BCUT2D eigenvalue weighted by Gasteiger charge is -2.13. The number of anilines is 1. The van der Waals surface area contributed by atoms with Crippen molar-refractivity contribution in [2.45, 2.75) is 6.42 Å². The first-order chi connectivity index (χ1) is 12.1. The molecule has 2 aromatic carbocycles. The number of rotatable bonds is 7. The molecular formula is C18H17ClN2O3S. The summed E-state index contributed by atoms with van der Waals surface area (Å²) in [6, 6.07) is 16.3. The average molecular weight is 377 g/mol. The molecule has 0 radical (unpaired) electrons. The van der Waals surface area contributed by atoms with Crippen molar-refractivity contribution in [1.29, 1.82) is 0 Å². The van der Waals surface area contributed by atoms with Crippen molar-refractivity contribution in [2.75, 3.05) is 16.4 Å². The Hall–Kier alpha value is -2.31. The zero-order valence-corrected chi connectivity index (χ0v) is 14.9. The topological polar surface area (TPSA) is 68.3 Å². The van der Waals surface area contributed by atoms with Crippen molar-refractivity contribution in [3.63, 3.8) is 0 Å². The monoisotopic (exact) mass is 376 g/mol. The lowest BCUT2D eigenvalue weighted by atomic mass is 10.2. The number of nitrogens with one attached hydrogen (secondary N) is 1. The van der Waals surface area contributed by atoms with E-state index in [9.17, 15) is 8.42 Å². The van der Waals surface area contributed by atoms with Crippen LogP contribution in [0.4, 0.5) is 5.69 Å². The molecule has 130 valence electrons. The maximum absolute atomic E-state index is 12.1. The fourth-order valence-corrected chi connectivity index (χ4v) is 3.76. The number of nitrogens with zero attached hydrogens (tertiary/aromatic N) is 1. The molecule has 1 heterocycles. The number of hydrogen-bond donors (Lipinski definition) is 1. The number of alkyl halides is 1. The Morgan fingerprint density at radius 2 is 1.92 bits per heavy atom. The summed E-state index contributed by atoms with van der Waals surface area (Å²) in [5.41, 5.74) is 1.19. The number of sulfonamides is 1. The molecule has 0 atom stereocenters. The third-order valence-corrected chi connectivity index (χ3v) is 5.13. The summed E-state index contributed by atoms with van der Waals surface area (Å²) in [4.78, 5) is 4.30. The second kappa shape index (κ2) is 7.72. The van der Waals surface area contributed by atoms with E-state index in [1.165, 1.54) is 0 Å². The van der Waals surface area contributed by atoms with Crippen molar-refractivity contribution in [3.05, 3.63) is 60.8 Å². The highest BCUT2D eigenvalue weighted by Crippen LogP contribution is 2.31. The molecule has 0 fully saturated rings. The Morgan fingerprint density at radius 1 is 1.08 bits per heavy atom. The van der Waals surface area contributed by atoms with Gasteiger partial charge in [0.1, 0.15) is 5.75 Å². The van der Waals surface area contributed by atoms with Gasteiger partial charge in [0.2, 0.25) is 10.0 Å². The van der Waals surface area contributed by atoms with Crippen molar-refractivity contribution < 1.29 is 13.2 Å². The van der Waals surface area contributed by atoms with Gasteiger partial charge < -0.3 is 4.74 Å². The standard InChI is InChI=1S/C18H17ClN2O3S/c19-10-4-12-25(22,23)21-16-6-1-2-7-18(16)24-15-9-8-14-5-3-11-20-17(14)13-15/h1-3,5-9,11,13,21H,4,10,12H2. The molecule has 0 saturated heterocycles. The molecule has 0 amide bonds. The number of aromatic nitrogens is 1. The third kappa shape index (κ3) is 4.61. The SMILES string of the molecule is O=S(=O)(CCCCl)Nc1ccccc1Oc1ccc2cccnc2c1. The van der Waals surface area contributed by atoms with E-state index in [1.807, 2.05) is 30.3 Å². The lowest BCUT2D eigenvalue weighted by molar-refractivity contribution is 0.485. The first-order valence-corrected chi connectivity index (χ1v) is 9.94. The fourth-order valence-electron chi connectivity index (χ4n) is 2.34. The summed E-state index contributed by atoms with van der Waals surface area (Å²) in [6.45, 7) is 0. The Bertz CT molecular complexity index is 977. The second-order valence-electron chi connectivity index (χ2n) is 5.42. The molecule has 0 aliphatic heterocycles. The van der Waals surface area contributed by atoms with Gasteiger partial charge in [-0.25, -0.2) is 8.42 Å². The number of hydrogen-bond acceptors (Lipinski definition) is 4. The number of ether oxygens (including phenoxy) is 1. The highest BCUT2D eigenvalue weighted by Gasteiger charge is 2.13. The summed E-state index contributed by atoms with van der Waals surface area (Å²) in [6.07, 6.45) is 2.10. The number of benzene rings is 2. The molecule has 0 aliphatic carbocycles. The van der Waals surface area contributed by atoms with Crippen LogP contribution >= 0.6 is 11.6 Å².